The van der Waals surface area contributed by atoms with Crippen molar-refractivity contribution in [2.45, 2.75) is 19.1 Å². The molecular formula is C23H24ClN3O5. The van der Waals surface area contributed by atoms with E-state index in [2.05, 4.69) is 10.4 Å². The number of amides is 1. The van der Waals surface area contributed by atoms with Crippen molar-refractivity contribution in [3.05, 3.63) is 59.8 Å². The Labute approximate surface area is 191 Å². The highest BCUT2D eigenvalue weighted by atomic mass is 35.5. The first-order valence-corrected chi connectivity index (χ1v) is 10.6. The number of hydrogen-bond donors (Lipinski definition) is 1. The fourth-order valence-electron chi connectivity index (χ4n) is 3.38. The Morgan fingerprint density at radius 1 is 1.22 bits per heavy atom. The number of ether oxygens (including phenoxy) is 4. The summed E-state index contributed by atoms with van der Waals surface area (Å²) in [6, 6.07) is 14.4. The molecule has 8 nitrogen and oxygen atoms in total. The minimum Gasteiger partial charge on any atom is -0.493 e. The summed E-state index contributed by atoms with van der Waals surface area (Å²) in [6.07, 6.45) is 2.02. The molecule has 2 aromatic carbocycles. The largest absolute Gasteiger partial charge is 0.493 e. The summed E-state index contributed by atoms with van der Waals surface area (Å²) in [5.74, 6) is 1.32. The van der Waals surface area contributed by atoms with Crippen molar-refractivity contribution in [2.75, 3.05) is 32.2 Å². The maximum Gasteiger partial charge on any atom is 0.411 e. The number of benzene rings is 2. The Balaban J connectivity index is 1.38. The molecule has 0 unspecified atom stereocenters. The van der Waals surface area contributed by atoms with Gasteiger partial charge in [-0.25, -0.2) is 4.79 Å². The number of halogens is 1. The Morgan fingerprint density at radius 3 is 2.81 bits per heavy atom. The number of anilines is 1. The zero-order chi connectivity index (χ0) is 22.3. The average Bonchev–Trinajstić information content (AvgIpc) is 3.47. The molecule has 1 fully saturated rings. The second-order valence-electron chi connectivity index (χ2n) is 7.18. The lowest BCUT2D eigenvalue weighted by Crippen LogP contribution is -2.18. The van der Waals surface area contributed by atoms with Gasteiger partial charge < -0.3 is 18.9 Å². The van der Waals surface area contributed by atoms with Gasteiger partial charge in [0.25, 0.3) is 0 Å². The number of nitrogens with zero attached hydrogens (tertiary/aromatic N) is 2. The van der Waals surface area contributed by atoms with E-state index in [1.807, 2.05) is 24.3 Å². The van der Waals surface area contributed by atoms with Crippen molar-refractivity contribution in [1.82, 2.24) is 9.78 Å². The van der Waals surface area contributed by atoms with E-state index < -0.39 is 6.09 Å². The van der Waals surface area contributed by atoms with Gasteiger partial charge in [-0.2, -0.15) is 5.10 Å². The molecule has 0 saturated carbocycles. The first-order chi connectivity index (χ1) is 15.6. The Bertz CT molecular complexity index is 1050. The molecule has 0 aliphatic carbocycles. The van der Waals surface area contributed by atoms with Crippen LogP contribution in [-0.2, 0) is 16.0 Å². The van der Waals surface area contributed by atoms with Crippen LogP contribution in [0.15, 0.2) is 54.7 Å². The monoisotopic (exact) mass is 457 g/mol. The van der Waals surface area contributed by atoms with E-state index in [0.29, 0.717) is 42.0 Å². The predicted molar refractivity (Wildman–Crippen MR) is 120 cm³/mol. The van der Waals surface area contributed by atoms with Crippen LogP contribution in [0.1, 0.15) is 6.42 Å². The molecule has 32 heavy (non-hydrogen) atoms. The molecule has 1 aliphatic rings. The standard InChI is InChI=1S/C23H24ClN3O5/c1-29-21-7-2-16(14-22(21)32-19-9-12-30-15-19)20-8-10-25-27(20)11-13-31-23(28)26-18-5-3-17(24)4-6-18/h2-8,10,14,19H,9,11-13,15H2,1H3,(H,26,28)/t19-/m1/s1. The summed E-state index contributed by atoms with van der Waals surface area (Å²) in [5.41, 5.74) is 2.40. The van der Waals surface area contributed by atoms with Crippen LogP contribution in [0.4, 0.5) is 10.5 Å². The predicted octanol–water partition coefficient (Wildman–Crippen LogP) is 4.63. The summed E-state index contributed by atoms with van der Waals surface area (Å²) >= 11 is 5.85. The minimum absolute atomic E-state index is 0.0108. The number of nitrogens with one attached hydrogen (secondary N) is 1. The maximum absolute atomic E-state index is 12.0. The van der Waals surface area contributed by atoms with E-state index in [4.69, 9.17) is 30.5 Å². The van der Waals surface area contributed by atoms with Crippen LogP contribution in [-0.4, -0.2) is 48.9 Å². The van der Waals surface area contributed by atoms with Crippen LogP contribution in [0.2, 0.25) is 5.02 Å². The van der Waals surface area contributed by atoms with E-state index in [1.54, 1.807) is 42.3 Å². The van der Waals surface area contributed by atoms with Crippen molar-refractivity contribution >= 4 is 23.4 Å². The third-order valence-electron chi connectivity index (χ3n) is 4.98. The van der Waals surface area contributed by atoms with E-state index in [-0.39, 0.29) is 12.7 Å². The highest BCUT2D eigenvalue weighted by Gasteiger charge is 2.20. The van der Waals surface area contributed by atoms with Crippen LogP contribution in [0.25, 0.3) is 11.3 Å². The maximum atomic E-state index is 12.0. The first-order valence-electron chi connectivity index (χ1n) is 10.3. The van der Waals surface area contributed by atoms with Gasteiger partial charge in [0.1, 0.15) is 12.7 Å². The average molecular weight is 458 g/mol. The normalized spacial score (nSPS) is 15.4. The van der Waals surface area contributed by atoms with Gasteiger partial charge in [-0.05, 0) is 48.5 Å². The number of rotatable bonds is 8. The fourth-order valence-corrected chi connectivity index (χ4v) is 3.51. The van der Waals surface area contributed by atoms with Gasteiger partial charge in [0.15, 0.2) is 11.5 Å². The highest BCUT2D eigenvalue weighted by Crippen LogP contribution is 2.34. The van der Waals surface area contributed by atoms with Gasteiger partial charge in [-0.3, -0.25) is 10.00 Å². The second-order valence-corrected chi connectivity index (χ2v) is 7.61. The van der Waals surface area contributed by atoms with Crippen molar-refractivity contribution < 1.29 is 23.7 Å². The van der Waals surface area contributed by atoms with Crippen LogP contribution in [0.3, 0.4) is 0 Å². The van der Waals surface area contributed by atoms with Crippen LogP contribution >= 0.6 is 11.6 Å². The number of hydrogen-bond acceptors (Lipinski definition) is 6. The molecule has 0 spiro atoms. The van der Waals surface area contributed by atoms with Crippen LogP contribution in [0, 0.1) is 0 Å². The molecule has 1 aliphatic heterocycles. The van der Waals surface area contributed by atoms with Gasteiger partial charge >= 0.3 is 6.09 Å². The minimum atomic E-state index is -0.542. The Morgan fingerprint density at radius 2 is 2.06 bits per heavy atom. The SMILES string of the molecule is COc1ccc(-c2ccnn2CCOC(=O)Nc2ccc(Cl)cc2)cc1O[C@@H]1CCOC1. The first kappa shape index (κ1) is 22.0. The summed E-state index contributed by atoms with van der Waals surface area (Å²) in [7, 11) is 1.61. The molecule has 0 radical (unpaired) electrons. The van der Waals surface area contributed by atoms with Gasteiger partial charge in [-0.15, -0.1) is 0 Å². The molecule has 1 atom stereocenters. The zero-order valence-electron chi connectivity index (χ0n) is 17.6. The quantitative estimate of drug-likeness (QED) is 0.531. The summed E-state index contributed by atoms with van der Waals surface area (Å²) < 4.78 is 24.0. The van der Waals surface area contributed by atoms with E-state index in [9.17, 15) is 4.79 Å². The number of methoxy groups -OCH3 is 1. The lowest BCUT2D eigenvalue weighted by Gasteiger charge is -2.16. The van der Waals surface area contributed by atoms with Gasteiger partial charge in [0, 0.05) is 28.9 Å². The summed E-state index contributed by atoms with van der Waals surface area (Å²) in [4.78, 5) is 12.0. The molecule has 0 bridgehead atoms. The lowest BCUT2D eigenvalue weighted by molar-refractivity contribution is 0.138. The fraction of sp³-hybridized carbons (Fsp3) is 0.304. The molecule has 1 aromatic heterocycles. The molecule has 9 heteroatoms. The number of carbonyl (C=O) groups is 1. The van der Waals surface area contributed by atoms with Crippen molar-refractivity contribution in [1.29, 1.82) is 0 Å². The van der Waals surface area contributed by atoms with Gasteiger partial charge in [0.05, 0.1) is 32.6 Å². The molecule has 4 rings (SSSR count). The Kier molecular flexibility index (Phi) is 7.14. The molecule has 1 N–H and O–H groups in total. The molecule has 168 valence electrons. The smallest absolute Gasteiger partial charge is 0.411 e. The van der Waals surface area contributed by atoms with Gasteiger partial charge in [-0.1, -0.05) is 11.6 Å². The highest BCUT2D eigenvalue weighted by molar-refractivity contribution is 6.30. The molecule has 1 saturated heterocycles. The molecule has 2 heterocycles. The van der Waals surface area contributed by atoms with Crippen LogP contribution < -0.4 is 14.8 Å². The number of carbonyl (C=O) groups excluding carboxylic acids is 1. The van der Waals surface area contributed by atoms with Crippen molar-refractivity contribution in [3.8, 4) is 22.8 Å². The topological polar surface area (TPSA) is 83.8 Å². The van der Waals surface area contributed by atoms with E-state index >= 15 is 0 Å². The third-order valence-corrected chi connectivity index (χ3v) is 5.24. The van der Waals surface area contributed by atoms with Crippen molar-refractivity contribution in [3.63, 3.8) is 0 Å². The molecular weight excluding hydrogens is 434 g/mol. The van der Waals surface area contributed by atoms with Gasteiger partial charge in [0.2, 0.25) is 0 Å². The molecule has 1 amide bonds. The van der Waals surface area contributed by atoms with Crippen molar-refractivity contribution in [2.24, 2.45) is 0 Å². The summed E-state index contributed by atoms with van der Waals surface area (Å²) in [6.45, 7) is 1.83. The third kappa shape index (κ3) is 5.52. The van der Waals surface area contributed by atoms with E-state index in [1.165, 1.54) is 0 Å². The summed E-state index contributed by atoms with van der Waals surface area (Å²) in [5, 5.41) is 7.61. The number of aromatic nitrogens is 2. The van der Waals surface area contributed by atoms with Crippen LogP contribution in [0.5, 0.6) is 11.5 Å². The van der Waals surface area contributed by atoms with E-state index in [0.717, 1.165) is 17.7 Å². The Hall–Kier alpha value is -3.23. The lowest BCUT2D eigenvalue weighted by atomic mass is 10.1. The second kappa shape index (κ2) is 10.4. The molecule has 3 aromatic rings. The zero-order valence-corrected chi connectivity index (χ0v) is 18.4.